The molecule has 1 aromatic carbocycles. The molecule has 0 saturated carbocycles. The van der Waals surface area contributed by atoms with Crippen molar-refractivity contribution < 1.29 is 19.4 Å². The number of hydrogen-bond acceptors (Lipinski definition) is 3. The maximum atomic E-state index is 13.2. The van der Waals surface area contributed by atoms with E-state index in [1.165, 1.54) is 12.1 Å². The average Bonchev–Trinajstić information content (AvgIpc) is 2.02. The summed E-state index contributed by atoms with van der Waals surface area (Å²) in [4.78, 5) is 10.7. The van der Waals surface area contributed by atoms with Crippen molar-refractivity contribution in [2.45, 2.75) is 12.5 Å². The number of hydrogen-bond donors (Lipinski definition) is 3. The first-order valence-corrected chi connectivity index (χ1v) is 3.87. The van der Waals surface area contributed by atoms with Crippen molar-refractivity contribution in [2.24, 2.45) is 5.73 Å². The van der Waals surface area contributed by atoms with Crippen LogP contribution in [0.2, 0.25) is 0 Å². The van der Waals surface area contributed by atoms with E-state index < -0.39 is 28.6 Å². The third-order valence-electron chi connectivity index (χ3n) is 1.96. The van der Waals surface area contributed by atoms with Gasteiger partial charge in [0.05, 0.1) is 5.56 Å². The number of carbonyl (C=O) groups is 1. The van der Waals surface area contributed by atoms with E-state index in [-0.39, 0.29) is 0 Å². The molecule has 0 amide bonds. The summed E-state index contributed by atoms with van der Waals surface area (Å²) < 4.78 is 13.2. The Morgan fingerprint density at radius 1 is 1.57 bits per heavy atom. The normalized spacial score (nSPS) is 14.8. The second kappa shape index (κ2) is 3.26. The molecule has 76 valence electrons. The fourth-order valence-electron chi connectivity index (χ4n) is 1.13. The van der Waals surface area contributed by atoms with E-state index in [2.05, 4.69) is 0 Å². The summed E-state index contributed by atoms with van der Waals surface area (Å²) in [6, 6.07) is 3.50. The van der Waals surface area contributed by atoms with Crippen LogP contribution in [0.25, 0.3) is 0 Å². The second-order valence-corrected chi connectivity index (χ2v) is 3.14. The molecule has 0 fully saturated rings. The minimum atomic E-state index is -1.94. The molecule has 0 aliphatic heterocycles. The summed E-state index contributed by atoms with van der Waals surface area (Å²) in [5, 5.41) is 18.0. The number of phenols is 1. The number of halogens is 1. The van der Waals surface area contributed by atoms with Gasteiger partial charge in [-0.05, 0) is 19.1 Å². The molecule has 1 aromatic rings. The van der Waals surface area contributed by atoms with Crippen molar-refractivity contribution in [3.63, 3.8) is 0 Å². The van der Waals surface area contributed by atoms with Crippen molar-refractivity contribution in [3.05, 3.63) is 29.6 Å². The maximum absolute atomic E-state index is 13.2. The number of carboxylic acids is 1. The highest BCUT2D eigenvalue weighted by atomic mass is 19.1. The van der Waals surface area contributed by atoms with Gasteiger partial charge in [-0.2, -0.15) is 0 Å². The minimum absolute atomic E-state index is 0.410. The van der Waals surface area contributed by atoms with Crippen molar-refractivity contribution >= 4 is 5.97 Å². The molecule has 4 nitrogen and oxygen atoms in total. The third kappa shape index (κ3) is 1.54. The molecule has 0 radical (unpaired) electrons. The van der Waals surface area contributed by atoms with Crippen molar-refractivity contribution in [1.82, 2.24) is 0 Å². The van der Waals surface area contributed by atoms with E-state index in [0.717, 1.165) is 13.0 Å². The van der Waals surface area contributed by atoms with Gasteiger partial charge in [-0.15, -0.1) is 0 Å². The zero-order chi connectivity index (χ0) is 10.9. The van der Waals surface area contributed by atoms with Gasteiger partial charge in [0.1, 0.15) is 17.1 Å². The Kier molecular flexibility index (Phi) is 2.44. The molecule has 0 aliphatic carbocycles. The molecule has 0 aromatic heterocycles. The largest absolute Gasteiger partial charge is 0.507 e. The maximum Gasteiger partial charge on any atom is 0.328 e. The molecule has 1 rings (SSSR count). The number of carboxylic acid groups (broad SMARTS) is 1. The van der Waals surface area contributed by atoms with Crippen molar-refractivity contribution in [3.8, 4) is 5.75 Å². The van der Waals surface area contributed by atoms with E-state index in [1.807, 2.05) is 0 Å². The SMILES string of the molecule is C[C@](N)(C(=O)O)c1c(O)cccc1F. The quantitative estimate of drug-likeness (QED) is 0.657. The van der Waals surface area contributed by atoms with Crippen LogP contribution < -0.4 is 5.73 Å². The summed E-state index contributed by atoms with van der Waals surface area (Å²) in [5.74, 6) is -2.70. The van der Waals surface area contributed by atoms with Crippen LogP contribution in [-0.2, 0) is 10.3 Å². The Bertz CT molecular complexity index is 356. The van der Waals surface area contributed by atoms with Crippen LogP contribution >= 0.6 is 0 Å². The lowest BCUT2D eigenvalue weighted by atomic mass is 9.92. The van der Waals surface area contributed by atoms with Gasteiger partial charge in [-0.25, -0.2) is 9.18 Å². The summed E-state index contributed by atoms with van der Waals surface area (Å²) in [6.07, 6.45) is 0. The molecule has 0 unspecified atom stereocenters. The Morgan fingerprint density at radius 3 is 2.57 bits per heavy atom. The zero-order valence-corrected chi connectivity index (χ0v) is 7.49. The summed E-state index contributed by atoms with van der Waals surface area (Å²) in [6.45, 7) is 1.12. The van der Waals surface area contributed by atoms with Crippen LogP contribution in [0.5, 0.6) is 5.75 Å². The summed E-state index contributed by atoms with van der Waals surface area (Å²) in [5.41, 5.74) is 3.04. The molecule has 0 aliphatic rings. The molecule has 4 N–H and O–H groups in total. The number of phenolic OH excluding ortho intramolecular Hbond substituents is 1. The molecule has 0 saturated heterocycles. The number of aliphatic carboxylic acids is 1. The van der Waals surface area contributed by atoms with Gasteiger partial charge in [-0.3, -0.25) is 0 Å². The van der Waals surface area contributed by atoms with Gasteiger partial charge in [0.2, 0.25) is 0 Å². The van der Waals surface area contributed by atoms with Crippen LogP contribution in [-0.4, -0.2) is 16.2 Å². The van der Waals surface area contributed by atoms with Crippen LogP contribution in [0, 0.1) is 5.82 Å². The molecule has 1 atom stereocenters. The lowest BCUT2D eigenvalue weighted by Crippen LogP contribution is -2.42. The van der Waals surface area contributed by atoms with Gasteiger partial charge in [0.15, 0.2) is 0 Å². The first-order valence-electron chi connectivity index (χ1n) is 3.87. The van der Waals surface area contributed by atoms with Gasteiger partial charge >= 0.3 is 5.97 Å². The predicted molar refractivity (Wildman–Crippen MR) is 47.2 cm³/mol. The fourth-order valence-corrected chi connectivity index (χ4v) is 1.13. The van der Waals surface area contributed by atoms with Crippen LogP contribution in [0.1, 0.15) is 12.5 Å². The van der Waals surface area contributed by atoms with E-state index in [0.29, 0.717) is 0 Å². The van der Waals surface area contributed by atoms with Crippen LogP contribution in [0.3, 0.4) is 0 Å². The smallest absolute Gasteiger partial charge is 0.328 e. The molecular weight excluding hydrogens is 189 g/mol. The topological polar surface area (TPSA) is 83.6 Å². The highest BCUT2D eigenvalue weighted by molar-refractivity contribution is 5.81. The molecule has 14 heavy (non-hydrogen) atoms. The van der Waals surface area contributed by atoms with E-state index in [9.17, 15) is 14.3 Å². The lowest BCUT2D eigenvalue weighted by Gasteiger charge is -2.21. The highest BCUT2D eigenvalue weighted by Gasteiger charge is 2.35. The molecule has 5 heteroatoms. The summed E-state index contributed by atoms with van der Waals surface area (Å²) >= 11 is 0. The molecule has 0 bridgehead atoms. The van der Waals surface area contributed by atoms with Gasteiger partial charge in [0, 0.05) is 0 Å². The van der Waals surface area contributed by atoms with Crippen LogP contribution in [0.15, 0.2) is 18.2 Å². The Balaban J connectivity index is 3.38. The molecule has 0 heterocycles. The second-order valence-electron chi connectivity index (χ2n) is 3.14. The third-order valence-corrected chi connectivity index (χ3v) is 1.96. The van der Waals surface area contributed by atoms with Gasteiger partial charge in [-0.1, -0.05) is 6.07 Å². The van der Waals surface area contributed by atoms with E-state index in [1.54, 1.807) is 0 Å². The number of rotatable bonds is 2. The first kappa shape index (κ1) is 10.5. The first-order chi connectivity index (χ1) is 6.37. The Morgan fingerprint density at radius 2 is 2.14 bits per heavy atom. The molecule has 0 spiro atoms. The van der Waals surface area contributed by atoms with E-state index in [4.69, 9.17) is 10.8 Å². The number of benzene rings is 1. The van der Waals surface area contributed by atoms with Crippen molar-refractivity contribution in [1.29, 1.82) is 0 Å². The Hall–Kier alpha value is -1.62. The number of nitrogens with two attached hydrogens (primary N) is 1. The number of aromatic hydroxyl groups is 1. The van der Waals surface area contributed by atoms with E-state index >= 15 is 0 Å². The standard InChI is InChI=1S/C9H10FNO3/c1-9(11,8(13)14)7-5(10)3-2-4-6(7)12/h2-4,12H,11H2,1H3,(H,13,14)/t9-/m1/s1. The summed E-state index contributed by atoms with van der Waals surface area (Å²) in [7, 11) is 0. The average molecular weight is 199 g/mol. The van der Waals surface area contributed by atoms with Crippen LogP contribution in [0.4, 0.5) is 4.39 Å². The minimum Gasteiger partial charge on any atom is -0.507 e. The Labute approximate surface area is 79.8 Å². The highest BCUT2D eigenvalue weighted by Crippen LogP contribution is 2.29. The fraction of sp³-hybridized carbons (Fsp3) is 0.222. The molecular formula is C9H10FNO3. The predicted octanol–water partition coefficient (Wildman–Crippen LogP) is 0.790. The van der Waals surface area contributed by atoms with Crippen molar-refractivity contribution in [2.75, 3.05) is 0 Å². The monoisotopic (exact) mass is 199 g/mol. The van der Waals surface area contributed by atoms with Gasteiger partial charge in [0.25, 0.3) is 0 Å². The lowest BCUT2D eigenvalue weighted by molar-refractivity contribution is -0.143. The zero-order valence-electron chi connectivity index (χ0n) is 7.49. The van der Waals surface area contributed by atoms with Gasteiger partial charge < -0.3 is 15.9 Å².